The number of hydrogen-bond donors (Lipinski definition) is 2. The average Bonchev–Trinajstić information content (AvgIpc) is 3.63. The molecule has 1 aromatic carbocycles. The Bertz CT molecular complexity index is 964. The largest absolute Gasteiger partial charge is 0.493 e. The van der Waals surface area contributed by atoms with Gasteiger partial charge in [0.05, 0.1) is 32.8 Å². The second kappa shape index (κ2) is 10.6. The van der Waals surface area contributed by atoms with E-state index in [1.54, 1.807) is 0 Å². The number of quaternary nitrogens is 1. The van der Waals surface area contributed by atoms with Crippen molar-refractivity contribution < 1.29 is 29.0 Å². The fourth-order valence-electron chi connectivity index (χ4n) is 6.48. The van der Waals surface area contributed by atoms with Gasteiger partial charge in [-0.05, 0) is 42.0 Å². The molecule has 2 bridgehead atoms. The van der Waals surface area contributed by atoms with Gasteiger partial charge in [0.2, 0.25) is 0 Å². The molecule has 4 fully saturated rings. The summed E-state index contributed by atoms with van der Waals surface area (Å²) in [4.78, 5) is 14.3. The molecule has 6 rings (SSSR count). The lowest BCUT2D eigenvalue weighted by Crippen LogP contribution is -2.65. The molecule has 1 aromatic heterocycles. The number of ether oxygens (including phenoxy) is 2. The third-order valence-electron chi connectivity index (χ3n) is 8.61. The summed E-state index contributed by atoms with van der Waals surface area (Å²) in [6.45, 7) is 4.79. The smallest absolute Gasteiger partial charge is 0.344 e. The van der Waals surface area contributed by atoms with E-state index in [4.69, 9.17) is 9.47 Å². The van der Waals surface area contributed by atoms with E-state index in [0.29, 0.717) is 12.5 Å². The van der Waals surface area contributed by atoms with Gasteiger partial charge in [0.1, 0.15) is 12.3 Å². The number of fused-ring (bicyclic) bond motifs is 3. The van der Waals surface area contributed by atoms with Crippen LogP contribution in [0.2, 0.25) is 0 Å². The Balaban J connectivity index is 1.19. The normalized spacial score (nSPS) is 28.1. The maximum absolute atomic E-state index is 13.6. The quantitative estimate of drug-likeness (QED) is 0.290. The molecule has 0 amide bonds. The third-order valence-corrected chi connectivity index (χ3v) is 9.60. The number of esters is 1. The fraction of sp³-hybridized carbons (Fsp3) is 0.607. The van der Waals surface area contributed by atoms with Crippen molar-refractivity contribution >= 4 is 17.3 Å². The summed E-state index contributed by atoms with van der Waals surface area (Å²) < 4.78 is 13.1. The van der Waals surface area contributed by atoms with E-state index in [-0.39, 0.29) is 18.6 Å². The van der Waals surface area contributed by atoms with Crippen LogP contribution in [0.25, 0.3) is 0 Å². The topological polar surface area (TPSA) is 76.0 Å². The molecular weight excluding hydrogens is 462 g/mol. The number of nitrogens with zero attached hydrogens (tertiary/aromatic N) is 1. The monoisotopic (exact) mass is 500 g/mol. The van der Waals surface area contributed by atoms with Crippen molar-refractivity contribution in [2.75, 3.05) is 32.8 Å². The molecule has 35 heavy (non-hydrogen) atoms. The second-order valence-corrected chi connectivity index (χ2v) is 11.7. The predicted molar refractivity (Wildman–Crippen MR) is 135 cm³/mol. The molecule has 3 aliphatic heterocycles. The number of carbonyl (C=O) groups excluding carboxylic acids is 1. The maximum Gasteiger partial charge on any atom is 0.344 e. The molecule has 3 saturated heterocycles. The van der Waals surface area contributed by atoms with Crippen molar-refractivity contribution in [3.63, 3.8) is 0 Å². The number of aliphatic hydroxyl groups excluding tert-OH is 1. The molecule has 4 aliphatic rings. The molecule has 2 aromatic rings. The molecule has 0 spiro atoms. The summed E-state index contributed by atoms with van der Waals surface area (Å²) in [6.07, 6.45) is 6.83. The SMILES string of the molecule is O=C(O[C@H]1C[N+]2(CCCOc3ccc(CO)cc3)CCC1CC2)[C@](O)(c1cccs1)C1CCCC1. The van der Waals surface area contributed by atoms with Crippen molar-refractivity contribution in [3.05, 3.63) is 52.2 Å². The van der Waals surface area contributed by atoms with E-state index in [2.05, 4.69) is 0 Å². The zero-order chi connectivity index (χ0) is 24.3. The van der Waals surface area contributed by atoms with E-state index in [1.165, 1.54) is 11.3 Å². The van der Waals surface area contributed by atoms with Crippen LogP contribution in [0.3, 0.4) is 0 Å². The lowest BCUT2D eigenvalue weighted by atomic mass is 9.82. The fourth-order valence-corrected chi connectivity index (χ4v) is 7.38. The number of aliphatic hydroxyl groups is 2. The summed E-state index contributed by atoms with van der Waals surface area (Å²) >= 11 is 1.45. The highest BCUT2D eigenvalue weighted by Crippen LogP contribution is 2.44. The van der Waals surface area contributed by atoms with Gasteiger partial charge in [-0.25, -0.2) is 4.79 Å². The average molecular weight is 501 g/mol. The second-order valence-electron chi connectivity index (χ2n) is 10.7. The van der Waals surface area contributed by atoms with Crippen molar-refractivity contribution in [2.24, 2.45) is 11.8 Å². The van der Waals surface area contributed by atoms with Crippen LogP contribution in [0, 0.1) is 11.8 Å². The summed E-state index contributed by atoms with van der Waals surface area (Å²) in [5.41, 5.74) is -0.632. The van der Waals surface area contributed by atoms with E-state index < -0.39 is 11.6 Å². The number of piperidine rings is 3. The lowest BCUT2D eigenvalue weighted by Gasteiger charge is -2.52. The number of rotatable bonds is 10. The molecule has 7 heteroatoms. The van der Waals surface area contributed by atoms with E-state index >= 15 is 0 Å². The summed E-state index contributed by atoms with van der Waals surface area (Å²) in [6, 6.07) is 11.4. The van der Waals surface area contributed by atoms with Crippen LogP contribution in [0.1, 0.15) is 55.4 Å². The number of hydrogen-bond acceptors (Lipinski definition) is 6. The van der Waals surface area contributed by atoms with Crippen LogP contribution in [0.4, 0.5) is 0 Å². The molecule has 0 radical (unpaired) electrons. The zero-order valence-electron chi connectivity index (χ0n) is 20.4. The van der Waals surface area contributed by atoms with E-state index in [0.717, 1.165) is 91.8 Å². The van der Waals surface area contributed by atoms with Crippen LogP contribution in [0.15, 0.2) is 41.8 Å². The van der Waals surface area contributed by atoms with Crippen LogP contribution >= 0.6 is 11.3 Å². The molecule has 2 N–H and O–H groups in total. The van der Waals surface area contributed by atoms with Gasteiger partial charge in [-0.15, -0.1) is 11.3 Å². The van der Waals surface area contributed by atoms with Crippen molar-refractivity contribution in [1.29, 1.82) is 0 Å². The van der Waals surface area contributed by atoms with Crippen LogP contribution in [-0.2, 0) is 21.7 Å². The molecular formula is C28H38NO5S+. The minimum absolute atomic E-state index is 0.0401. The molecule has 1 aliphatic carbocycles. The highest BCUT2D eigenvalue weighted by molar-refractivity contribution is 7.10. The highest BCUT2D eigenvalue weighted by Gasteiger charge is 2.53. The van der Waals surface area contributed by atoms with Gasteiger partial charge in [0.15, 0.2) is 11.7 Å². The molecule has 190 valence electrons. The zero-order valence-corrected chi connectivity index (χ0v) is 21.3. The van der Waals surface area contributed by atoms with Gasteiger partial charge in [-0.2, -0.15) is 0 Å². The van der Waals surface area contributed by atoms with E-state index in [9.17, 15) is 15.0 Å². The van der Waals surface area contributed by atoms with E-state index in [1.807, 2.05) is 41.8 Å². The number of thiophene rings is 1. The van der Waals surface area contributed by atoms with Gasteiger partial charge < -0.3 is 24.2 Å². The first kappa shape index (κ1) is 24.8. The maximum atomic E-state index is 13.6. The third kappa shape index (κ3) is 5.15. The van der Waals surface area contributed by atoms with Crippen molar-refractivity contribution in [3.8, 4) is 5.75 Å². The van der Waals surface area contributed by atoms with Crippen molar-refractivity contribution in [1.82, 2.24) is 0 Å². The molecule has 6 nitrogen and oxygen atoms in total. The first-order chi connectivity index (χ1) is 17.0. The Labute approximate surface area is 212 Å². The Morgan fingerprint density at radius 3 is 2.49 bits per heavy atom. The standard InChI is InChI=1S/C28H38NO5S/c30-20-21-8-10-24(11-9-21)33-17-4-14-29-15-12-22(13-16-29)25(19-29)34-27(31)28(32,23-5-1-2-6-23)26-7-3-18-35-26/h3,7-11,18,22-23,25,30,32H,1-2,4-6,12-17,19-20H2/q+1/t22?,25-,28+,29?/m0/s1. The Kier molecular flexibility index (Phi) is 7.49. The summed E-state index contributed by atoms with van der Waals surface area (Å²) in [7, 11) is 0. The highest BCUT2D eigenvalue weighted by atomic mass is 32.1. The summed E-state index contributed by atoms with van der Waals surface area (Å²) in [5, 5.41) is 22.8. The van der Waals surface area contributed by atoms with Crippen molar-refractivity contribution in [2.45, 2.75) is 63.3 Å². The van der Waals surface area contributed by atoms with Gasteiger partial charge in [-0.1, -0.05) is 31.0 Å². The molecule has 4 heterocycles. The van der Waals surface area contributed by atoms with Crippen LogP contribution in [-0.4, -0.2) is 59.6 Å². The first-order valence-electron chi connectivity index (χ1n) is 13.2. The molecule has 0 unspecified atom stereocenters. The Morgan fingerprint density at radius 2 is 1.83 bits per heavy atom. The van der Waals surface area contributed by atoms with Crippen LogP contribution < -0.4 is 4.74 Å². The van der Waals surface area contributed by atoms with Gasteiger partial charge in [-0.3, -0.25) is 0 Å². The first-order valence-corrected chi connectivity index (χ1v) is 14.1. The molecule has 1 saturated carbocycles. The minimum Gasteiger partial charge on any atom is -0.493 e. The van der Waals surface area contributed by atoms with Crippen LogP contribution in [0.5, 0.6) is 5.75 Å². The minimum atomic E-state index is -1.51. The lowest BCUT2D eigenvalue weighted by molar-refractivity contribution is -0.946. The Morgan fingerprint density at radius 1 is 1.09 bits per heavy atom. The van der Waals surface area contributed by atoms with Gasteiger partial charge in [0, 0.05) is 36.0 Å². The van der Waals surface area contributed by atoms with Gasteiger partial charge >= 0.3 is 5.97 Å². The number of carbonyl (C=O) groups is 1. The summed E-state index contributed by atoms with van der Waals surface area (Å²) in [5.74, 6) is 0.738. The molecule has 2 atom stereocenters. The Hall–Kier alpha value is -1.93. The number of benzene rings is 1. The predicted octanol–water partition coefficient (Wildman–Crippen LogP) is 4.24. The van der Waals surface area contributed by atoms with Gasteiger partial charge in [0.25, 0.3) is 0 Å².